The van der Waals surface area contributed by atoms with Gasteiger partial charge in [-0.05, 0) is 24.3 Å². The number of aromatic nitrogens is 2. The zero-order valence-electron chi connectivity index (χ0n) is 14.6. The van der Waals surface area contributed by atoms with Crippen LogP contribution in [0.25, 0.3) is 11.5 Å². The molecular formula is C17H20N4O4S. The number of nitro benzene ring substituents is 1. The average molecular weight is 376 g/mol. The summed E-state index contributed by atoms with van der Waals surface area (Å²) in [6, 6.07) is 6.00. The first-order chi connectivity index (χ1) is 12.4. The van der Waals surface area contributed by atoms with Crippen molar-refractivity contribution in [1.82, 2.24) is 15.1 Å². The van der Waals surface area contributed by atoms with E-state index in [0.717, 1.165) is 19.5 Å². The van der Waals surface area contributed by atoms with Crippen molar-refractivity contribution in [2.45, 2.75) is 25.5 Å². The molecule has 1 aromatic heterocycles. The van der Waals surface area contributed by atoms with Crippen molar-refractivity contribution in [1.29, 1.82) is 0 Å². The van der Waals surface area contributed by atoms with Crippen LogP contribution in [0.2, 0.25) is 0 Å². The maximum absolute atomic E-state index is 12.4. The quantitative estimate of drug-likeness (QED) is 0.448. The lowest BCUT2D eigenvalue weighted by atomic mass is 9.92. The third-order valence-electron chi connectivity index (χ3n) is 4.25. The van der Waals surface area contributed by atoms with E-state index in [0.29, 0.717) is 17.4 Å². The van der Waals surface area contributed by atoms with Gasteiger partial charge in [-0.15, -0.1) is 10.2 Å². The third kappa shape index (κ3) is 4.40. The summed E-state index contributed by atoms with van der Waals surface area (Å²) in [5.41, 5.74) is 0.432. The first-order valence-electron chi connectivity index (χ1n) is 8.41. The summed E-state index contributed by atoms with van der Waals surface area (Å²) in [5, 5.41) is 19.0. The molecule has 0 N–H and O–H groups in total. The number of carbonyl (C=O) groups excluding carboxylic acids is 1. The summed E-state index contributed by atoms with van der Waals surface area (Å²) in [4.78, 5) is 24.7. The highest BCUT2D eigenvalue weighted by Crippen LogP contribution is 2.27. The smallest absolute Gasteiger partial charge is 0.277 e. The maximum Gasteiger partial charge on any atom is 0.277 e. The zero-order chi connectivity index (χ0) is 18.7. The second-order valence-electron chi connectivity index (χ2n) is 6.71. The molecule has 138 valence electrons. The molecule has 1 saturated heterocycles. The predicted molar refractivity (Wildman–Crippen MR) is 96.6 cm³/mol. The Morgan fingerprint density at radius 2 is 2.08 bits per heavy atom. The van der Waals surface area contributed by atoms with Crippen LogP contribution in [0.3, 0.4) is 0 Å². The van der Waals surface area contributed by atoms with Crippen LogP contribution >= 0.6 is 11.8 Å². The lowest BCUT2D eigenvalue weighted by molar-refractivity contribution is -0.384. The van der Waals surface area contributed by atoms with E-state index in [2.05, 4.69) is 24.0 Å². The largest absolute Gasteiger partial charge is 0.411 e. The summed E-state index contributed by atoms with van der Waals surface area (Å²) in [6.07, 6.45) is 1.15. The highest BCUT2D eigenvalue weighted by Gasteiger charge is 2.25. The van der Waals surface area contributed by atoms with Gasteiger partial charge in [-0.3, -0.25) is 14.9 Å². The number of nitro groups is 1. The molecule has 1 aliphatic rings. The number of likely N-dealkylation sites (tertiary alicyclic amines) is 1. The molecule has 1 aliphatic heterocycles. The van der Waals surface area contributed by atoms with Crippen LogP contribution in [-0.4, -0.2) is 44.8 Å². The molecule has 9 heteroatoms. The number of amides is 1. The van der Waals surface area contributed by atoms with Gasteiger partial charge in [-0.2, -0.15) is 0 Å². The first-order valence-corrected chi connectivity index (χ1v) is 9.40. The fourth-order valence-electron chi connectivity index (χ4n) is 3.22. The van der Waals surface area contributed by atoms with Gasteiger partial charge in [0.05, 0.1) is 10.7 Å². The Morgan fingerprint density at radius 1 is 1.35 bits per heavy atom. The monoisotopic (exact) mass is 376 g/mol. The number of hydrogen-bond acceptors (Lipinski definition) is 7. The van der Waals surface area contributed by atoms with Crippen LogP contribution in [0.4, 0.5) is 5.69 Å². The van der Waals surface area contributed by atoms with Crippen LogP contribution in [-0.2, 0) is 4.79 Å². The highest BCUT2D eigenvalue weighted by molar-refractivity contribution is 7.99. The lowest BCUT2D eigenvalue weighted by Gasteiger charge is -2.34. The molecule has 1 amide bonds. The predicted octanol–water partition coefficient (Wildman–Crippen LogP) is 3.24. The number of nitrogens with zero attached hydrogens (tertiary/aromatic N) is 4. The summed E-state index contributed by atoms with van der Waals surface area (Å²) in [5.74, 6) is 1.51. The van der Waals surface area contributed by atoms with E-state index in [4.69, 9.17) is 4.42 Å². The molecule has 2 atom stereocenters. The molecule has 2 heterocycles. The van der Waals surface area contributed by atoms with E-state index in [1.54, 1.807) is 12.1 Å². The molecule has 0 bridgehead atoms. The fourth-order valence-corrected chi connectivity index (χ4v) is 3.88. The number of thioether (sulfide) groups is 1. The van der Waals surface area contributed by atoms with Crippen molar-refractivity contribution in [3.8, 4) is 11.5 Å². The second kappa shape index (κ2) is 7.86. The van der Waals surface area contributed by atoms with Crippen molar-refractivity contribution < 1.29 is 14.1 Å². The van der Waals surface area contributed by atoms with Crippen molar-refractivity contribution in [3.05, 3.63) is 34.4 Å². The van der Waals surface area contributed by atoms with Gasteiger partial charge in [0.15, 0.2) is 0 Å². The molecule has 2 aromatic rings. The Kier molecular flexibility index (Phi) is 5.55. The molecule has 26 heavy (non-hydrogen) atoms. The van der Waals surface area contributed by atoms with Crippen LogP contribution < -0.4 is 0 Å². The summed E-state index contributed by atoms with van der Waals surface area (Å²) in [7, 11) is 0. The molecule has 0 aliphatic carbocycles. The minimum Gasteiger partial charge on any atom is -0.411 e. The third-order valence-corrected chi connectivity index (χ3v) is 5.05. The lowest BCUT2D eigenvalue weighted by Crippen LogP contribution is -2.43. The number of hydrogen-bond donors (Lipinski definition) is 0. The SMILES string of the molecule is C[C@@H]1C[C@H](C)CN(C(=O)CSc2nnc(-c3cccc([N+](=O)[O-])c3)o2)C1. The Balaban J connectivity index is 1.61. The van der Waals surface area contributed by atoms with E-state index in [1.807, 2.05) is 4.90 Å². The molecule has 0 unspecified atom stereocenters. The normalized spacial score (nSPS) is 20.2. The average Bonchev–Trinajstić information content (AvgIpc) is 3.08. The molecule has 0 spiro atoms. The zero-order valence-corrected chi connectivity index (χ0v) is 15.4. The van der Waals surface area contributed by atoms with E-state index < -0.39 is 4.92 Å². The Morgan fingerprint density at radius 3 is 2.77 bits per heavy atom. The van der Waals surface area contributed by atoms with Gasteiger partial charge in [-0.25, -0.2) is 0 Å². The van der Waals surface area contributed by atoms with Gasteiger partial charge in [0, 0.05) is 30.8 Å². The topological polar surface area (TPSA) is 102 Å². The summed E-state index contributed by atoms with van der Waals surface area (Å²) in [6.45, 7) is 5.89. The van der Waals surface area contributed by atoms with Crippen LogP contribution in [0.1, 0.15) is 20.3 Å². The Bertz CT molecular complexity index is 800. The van der Waals surface area contributed by atoms with Crippen molar-refractivity contribution in [2.24, 2.45) is 11.8 Å². The van der Waals surface area contributed by atoms with Gasteiger partial charge in [0.2, 0.25) is 11.8 Å². The van der Waals surface area contributed by atoms with Crippen molar-refractivity contribution in [3.63, 3.8) is 0 Å². The minimum atomic E-state index is -0.477. The second-order valence-corrected chi connectivity index (χ2v) is 7.64. The fraction of sp³-hybridized carbons (Fsp3) is 0.471. The minimum absolute atomic E-state index is 0.0431. The molecule has 1 aromatic carbocycles. The van der Waals surface area contributed by atoms with Crippen LogP contribution in [0, 0.1) is 22.0 Å². The Hall–Kier alpha value is -2.42. The number of non-ortho nitro benzene ring substituents is 1. The summed E-state index contributed by atoms with van der Waals surface area (Å²) >= 11 is 1.19. The van der Waals surface area contributed by atoms with Crippen molar-refractivity contribution >= 4 is 23.4 Å². The number of rotatable bonds is 5. The van der Waals surface area contributed by atoms with E-state index in [1.165, 1.54) is 23.9 Å². The maximum atomic E-state index is 12.4. The van der Waals surface area contributed by atoms with Gasteiger partial charge in [-0.1, -0.05) is 31.7 Å². The molecule has 8 nitrogen and oxygen atoms in total. The van der Waals surface area contributed by atoms with Crippen LogP contribution in [0.15, 0.2) is 33.9 Å². The van der Waals surface area contributed by atoms with E-state index in [9.17, 15) is 14.9 Å². The van der Waals surface area contributed by atoms with Gasteiger partial charge >= 0.3 is 0 Å². The molecule has 0 saturated carbocycles. The highest BCUT2D eigenvalue weighted by atomic mass is 32.2. The van der Waals surface area contributed by atoms with Gasteiger partial charge in [0.25, 0.3) is 10.9 Å². The first kappa shape index (κ1) is 18.4. The van der Waals surface area contributed by atoms with E-state index in [-0.39, 0.29) is 28.5 Å². The molecule has 1 fully saturated rings. The number of carbonyl (C=O) groups is 1. The molecular weight excluding hydrogens is 356 g/mol. The number of benzene rings is 1. The van der Waals surface area contributed by atoms with Gasteiger partial charge < -0.3 is 9.32 Å². The van der Waals surface area contributed by atoms with Crippen molar-refractivity contribution in [2.75, 3.05) is 18.8 Å². The van der Waals surface area contributed by atoms with E-state index >= 15 is 0 Å². The standard InChI is InChI=1S/C17H20N4O4S/c1-11-6-12(2)9-20(8-11)15(22)10-26-17-19-18-16(25-17)13-4-3-5-14(7-13)21(23)24/h3-5,7,11-12H,6,8-10H2,1-2H3/t11-,12+. The molecule has 3 rings (SSSR count). The molecule has 0 radical (unpaired) electrons. The summed E-state index contributed by atoms with van der Waals surface area (Å²) < 4.78 is 5.53. The Labute approximate surface area is 155 Å². The van der Waals surface area contributed by atoms with Crippen LogP contribution in [0.5, 0.6) is 0 Å². The van der Waals surface area contributed by atoms with Gasteiger partial charge in [0.1, 0.15) is 0 Å². The number of piperidine rings is 1.